The number of hydrogen-bond donors (Lipinski definition) is 1. The van der Waals surface area contributed by atoms with Gasteiger partial charge in [0.2, 0.25) is 5.95 Å². The van der Waals surface area contributed by atoms with E-state index in [9.17, 15) is 0 Å². The van der Waals surface area contributed by atoms with Crippen molar-refractivity contribution in [1.29, 1.82) is 0 Å². The minimum Gasteiger partial charge on any atom is -0.380 e. The van der Waals surface area contributed by atoms with Crippen LogP contribution in [0, 0.1) is 6.92 Å². The molecule has 2 saturated heterocycles. The molecule has 0 spiro atoms. The van der Waals surface area contributed by atoms with Gasteiger partial charge in [-0.3, -0.25) is 0 Å². The van der Waals surface area contributed by atoms with Crippen LogP contribution in [-0.4, -0.2) is 42.9 Å². The smallest absolute Gasteiger partial charge is 0.222 e. The van der Waals surface area contributed by atoms with Crippen LogP contribution in [0.2, 0.25) is 5.02 Å². The van der Waals surface area contributed by atoms with Gasteiger partial charge in [-0.15, -0.1) is 0 Å². The zero-order valence-electron chi connectivity index (χ0n) is 14.8. The predicted molar refractivity (Wildman–Crippen MR) is 102 cm³/mol. The van der Waals surface area contributed by atoms with Crippen molar-refractivity contribution in [2.24, 2.45) is 0 Å². The summed E-state index contributed by atoms with van der Waals surface area (Å²) in [5, 5.41) is 0.758. The lowest BCUT2D eigenvalue weighted by Crippen LogP contribution is -2.32. The maximum Gasteiger partial charge on any atom is 0.222 e. The van der Waals surface area contributed by atoms with Crippen LogP contribution < -0.4 is 10.6 Å². The van der Waals surface area contributed by atoms with Gasteiger partial charge in [-0.1, -0.05) is 23.7 Å². The summed E-state index contributed by atoms with van der Waals surface area (Å²) in [6.07, 6.45) is 0.925. The topological polar surface area (TPSA) is 73.5 Å². The van der Waals surface area contributed by atoms with Gasteiger partial charge in [-0.25, -0.2) is 4.98 Å². The normalized spacial score (nSPS) is 21.3. The summed E-state index contributed by atoms with van der Waals surface area (Å²) >= 11 is 6.68. The Kier molecular flexibility index (Phi) is 4.98. The quantitative estimate of drug-likeness (QED) is 0.889. The molecular weight excluding hydrogens is 352 g/mol. The van der Waals surface area contributed by atoms with Crippen molar-refractivity contribution in [2.45, 2.75) is 25.3 Å². The maximum absolute atomic E-state index is 6.68. The highest BCUT2D eigenvalue weighted by atomic mass is 35.5. The molecule has 1 atom stereocenters. The molecule has 6 nitrogen and oxygen atoms in total. The average molecular weight is 375 g/mol. The van der Waals surface area contributed by atoms with E-state index < -0.39 is 0 Å². The molecule has 2 aliphatic rings. The van der Waals surface area contributed by atoms with Crippen LogP contribution in [0.3, 0.4) is 0 Å². The van der Waals surface area contributed by atoms with Gasteiger partial charge in [0.15, 0.2) is 0 Å². The van der Waals surface area contributed by atoms with E-state index >= 15 is 0 Å². The highest BCUT2D eigenvalue weighted by Gasteiger charge is 2.28. The number of halogens is 1. The van der Waals surface area contributed by atoms with Gasteiger partial charge in [0.1, 0.15) is 5.82 Å². The number of nitrogens with zero attached hydrogens (tertiary/aromatic N) is 3. The van der Waals surface area contributed by atoms with Crippen molar-refractivity contribution in [2.75, 3.05) is 43.6 Å². The minimum absolute atomic E-state index is 0.00890. The molecule has 2 aromatic rings. The molecule has 0 aliphatic carbocycles. The van der Waals surface area contributed by atoms with E-state index in [2.05, 4.69) is 33.1 Å². The largest absolute Gasteiger partial charge is 0.380 e. The molecule has 1 aromatic heterocycles. The van der Waals surface area contributed by atoms with Gasteiger partial charge in [0, 0.05) is 35.9 Å². The van der Waals surface area contributed by atoms with Gasteiger partial charge in [0.25, 0.3) is 0 Å². The minimum atomic E-state index is -0.00890. The number of hydrogen-bond acceptors (Lipinski definition) is 6. The van der Waals surface area contributed by atoms with Gasteiger partial charge in [0.05, 0.1) is 25.9 Å². The van der Waals surface area contributed by atoms with E-state index in [0.29, 0.717) is 12.5 Å². The lowest BCUT2D eigenvalue weighted by molar-refractivity contribution is 0.00841. The lowest BCUT2D eigenvalue weighted by Gasteiger charge is -2.32. The van der Waals surface area contributed by atoms with Crippen LogP contribution in [0.4, 0.5) is 11.8 Å². The number of aryl methyl sites for hydroxylation is 1. The first-order valence-corrected chi connectivity index (χ1v) is 9.32. The van der Waals surface area contributed by atoms with E-state index in [-0.39, 0.29) is 12.0 Å². The number of ether oxygens (including phenoxy) is 2. The summed E-state index contributed by atoms with van der Waals surface area (Å²) in [5.41, 5.74) is 9.00. The molecule has 0 bridgehead atoms. The van der Waals surface area contributed by atoms with E-state index in [4.69, 9.17) is 26.8 Å². The SMILES string of the molecule is Cc1cc(N2CCCOCC2c2ccc(C3COC3)cc2Cl)nc(N)n1. The molecular formula is C19H23ClN4O2. The van der Waals surface area contributed by atoms with E-state index in [1.54, 1.807) is 0 Å². The van der Waals surface area contributed by atoms with Gasteiger partial charge >= 0.3 is 0 Å². The van der Waals surface area contributed by atoms with Gasteiger partial charge in [-0.05, 0) is 30.5 Å². The summed E-state index contributed by atoms with van der Waals surface area (Å²) in [7, 11) is 0. The van der Waals surface area contributed by atoms with E-state index in [1.807, 2.05) is 13.0 Å². The fourth-order valence-corrected chi connectivity index (χ4v) is 3.84. The van der Waals surface area contributed by atoms with Gasteiger partial charge < -0.3 is 20.1 Å². The molecule has 0 amide bonds. The van der Waals surface area contributed by atoms with E-state index in [0.717, 1.165) is 54.9 Å². The fourth-order valence-electron chi connectivity index (χ4n) is 3.53. The van der Waals surface area contributed by atoms with Crippen LogP contribution >= 0.6 is 11.6 Å². The summed E-state index contributed by atoms with van der Waals surface area (Å²) in [5.74, 6) is 1.56. The highest BCUT2D eigenvalue weighted by molar-refractivity contribution is 6.31. The lowest BCUT2D eigenvalue weighted by atomic mass is 9.95. The molecule has 26 heavy (non-hydrogen) atoms. The Morgan fingerprint density at radius 2 is 2.00 bits per heavy atom. The van der Waals surface area contributed by atoms with E-state index in [1.165, 1.54) is 5.56 Å². The fraction of sp³-hybridized carbons (Fsp3) is 0.474. The van der Waals surface area contributed by atoms with Crippen molar-refractivity contribution < 1.29 is 9.47 Å². The van der Waals surface area contributed by atoms with Crippen molar-refractivity contribution >= 4 is 23.4 Å². The summed E-state index contributed by atoms with van der Waals surface area (Å²) in [6.45, 7) is 5.58. The molecule has 2 aliphatic heterocycles. The number of aromatic nitrogens is 2. The van der Waals surface area contributed by atoms with Crippen molar-refractivity contribution in [3.8, 4) is 0 Å². The molecule has 138 valence electrons. The summed E-state index contributed by atoms with van der Waals surface area (Å²) < 4.78 is 11.1. The Morgan fingerprint density at radius 1 is 1.15 bits per heavy atom. The molecule has 1 unspecified atom stereocenters. The third-order valence-electron chi connectivity index (χ3n) is 4.98. The number of benzene rings is 1. The third kappa shape index (κ3) is 3.49. The second-order valence-corrected chi connectivity index (χ2v) is 7.29. The maximum atomic E-state index is 6.68. The Bertz CT molecular complexity index is 777. The first-order chi connectivity index (χ1) is 12.6. The Labute approximate surface area is 158 Å². The van der Waals surface area contributed by atoms with Crippen molar-refractivity contribution in [3.63, 3.8) is 0 Å². The zero-order valence-corrected chi connectivity index (χ0v) is 15.6. The molecule has 4 rings (SSSR count). The molecule has 3 heterocycles. The predicted octanol–water partition coefficient (Wildman–Crippen LogP) is 3.10. The summed E-state index contributed by atoms with van der Waals surface area (Å²) in [4.78, 5) is 10.9. The Balaban J connectivity index is 1.69. The number of nitrogens with two attached hydrogens (primary N) is 1. The molecule has 0 saturated carbocycles. The highest BCUT2D eigenvalue weighted by Crippen LogP contribution is 2.35. The van der Waals surface area contributed by atoms with Crippen LogP contribution in [0.5, 0.6) is 0 Å². The Morgan fingerprint density at radius 3 is 2.69 bits per heavy atom. The monoisotopic (exact) mass is 374 g/mol. The molecule has 2 N–H and O–H groups in total. The Hall–Kier alpha value is -1.89. The van der Waals surface area contributed by atoms with Crippen molar-refractivity contribution in [1.82, 2.24) is 9.97 Å². The molecule has 1 aromatic carbocycles. The van der Waals surface area contributed by atoms with Crippen LogP contribution in [-0.2, 0) is 9.47 Å². The first kappa shape index (κ1) is 17.5. The third-order valence-corrected chi connectivity index (χ3v) is 5.31. The zero-order chi connectivity index (χ0) is 18.1. The summed E-state index contributed by atoms with van der Waals surface area (Å²) in [6, 6.07) is 8.28. The number of anilines is 2. The standard InChI is InChI=1S/C19H23ClN4O2/c1-12-7-18(23-19(21)22-12)24-5-2-6-25-11-17(24)15-4-3-13(8-16(15)20)14-9-26-10-14/h3-4,7-8,14,17H,2,5-6,9-11H2,1H3,(H2,21,22,23). The molecule has 2 fully saturated rings. The first-order valence-electron chi connectivity index (χ1n) is 8.94. The molecule has 0 radical (unpaired) electrons. The van der Waals surface area contributed by atoms with Crippen LogP contribution in [0.15, 0.2) is 24.3 Å². The second kappa shape index (κ2) is 7.39. The second-order valence-electron chi connectivity index (χ2n) is 6.88. The van der Waals surface area contributed by atoms with Crippen LogP contribution in [0.1, 0.15) is 35.2 Å². The van der Waals surface area contributed by atoms with Crippen LogP contribution in [0.25, 0.3) is 0 Å². The number of rotatable bonds is 3. The van der Waals surface area contributed by atoms with Gasteiger partial charge in [-0.2, -0.15) is 4.98 Å². The van der Waals surface area contributed by atoms with Crippen molar-refractivity contribution in [3.05, 3.63) is 46.1 Å². The average Bonchev–Trinajstić information content (AvgIpc) is 2.78. The number of nitrogen functional groups attached to an aromatic ring is 1. The molecule has 7 heteroatoms.